The highest BCUT2D eigenvalue weighted by molar-refractivity contribution is 5.77. The molecule has 0 amide bonds. The van der Waals surface area contributed by atoms with Crippen LogP contribution in [0, 0.1) is 12.8 Å². The Labute approximate surface area is 89.4 Å². The number of carbonyl (C=O) groups is 1. The Bertz CT molecular complexity index is 369. The third-order valence-corrected chi connectivity index (χ3v) is 2.45. The van der Waals surface area contributed by atoms with Gasteiger partial charge in [-0.25, -0.2) is 0 Å². The molecule has 1 aromatic carbocycles. The third-order valence-electron chi connectivity index (χ3n) is 2.45. The number of carboxylic acid groups (broad SMARTS) is 1. The molecule has 82 valence electrons. The molecule has 3 heteroatoms. The molecule has 0 fully saturated rings. The van der Waals surface area contributed by atoms with E-state index in [4.69, 9.17) is 5.11 Å². The minimum absolute atomic E-state index is 0.0461. The molecule has 3 nitrogen and oxygen atoms in total. The molecule has 1 aromatic rings. The van der Waals surface area contributed by atoms with E-state index in [2.05, 4.69) is 0 Å². The van der Waals surface area contributed by atoms with Crippen molar-refractivity contribution in [2.45, 2.75) is 26.7 Å². The van der Waals surface area contributed by atoms with Gasteiger partial charge < -0.3 is 10.2 Å². The number of carboxylic acids is 1. The highest BCUT2D eigenvalue weighted by Gasteiger charge is 2.26. The van der Waals surface area contributed by atoms with E-state index in [1.807, 2.05) is 20.8 Å². The molecule has 0 saturated heterocycles. The van der Waals surface area contributed by atoms with Crippen molar-refractivity contribution in [3.05, 3.63) is 29.3 Å². The second-order valence-electron chi connectivity index (χ2n) is 4.12. The summed E-state index contributed by atoms with van der Waals surface area (Å²) in [5.74, 6) is -1.53. The number of phenolic OH excluding ortho intramolecular Hbond substituents is 1. The van der Waals surface area contributed by atoms with Crippen molar-refractivity contribution >= 4 is 5.97 Å². The quantitative estimate of drug-likeness (QED) is 0.802. The lowest BCUT2D eigenvalue weighted by Gasteiger charge is -2.18. The van der Waals surface area contributed by atoms with Crippen LogP contribution in [0.4, 0.5) is 0 Å². The summed E-state index contributed by atoms with van der Waals surface area (Å²) in [5, 5.41) is 18.7. The zero-order valence-electron chi connectivity index (χ0n) is 9.19. The van der Waals surface area contributed by atoms with Crippen molar-refractivity contribution < 1.29 is 15.0 Å². The SMILES string of the molecule is Cc1ccc(O)c(C(C(=O)O)C(C)C)c1. The Morgan fingerprint density at radius 2 is 1.93 bits per heavy atom. The summed E-state index contributed by atoms with van der Waals surface area (Å²) in [6.07, 6.45) is 0. The molecule has 0 aliphatic heterocycles. The fraction of sp³-hybridized carbons (Fsp3) is 0.417. The van der Waals surface area contributed by atoms with Crippen molar-refractivity contribution in [2.24, 2.45) is 5.92 Å². The fourth-order valence-electron chi connectivity index (χ4n) is 1.70. The number of phenols is 1. The monoisotopic (exact) mass is 208 g/mol. The summed E-state index contributed by atoms with van der Waals surface area (Å²) in [4.78, 5) is 11.1. The molecule has 0 aromatic heterocycles. The van der Waals surface area contributed by atoms with E-state index in [1.54, 1.807) is 18.2 Å². The van der Waals surface area contributed by atoms with E-state index < -0.39 is 11.9 Å². The summed E-state index contributed by atoms with van der Waals surface area (Å²) in [7, 11) is 0. The Hall–Kier alpha value is -1.51. The first-order chi connectivity index (χ1) is 6.93. The molecule has 1 atom stereocenters. The summed E-state index contributed by atoms with van der Waals surface area (Å²) in [6.45, 7) is 5.54. The van der Waals surface area contributed by atoms with Gasteiger partial charge in [0.1, 0.15) is 5.75 Å². The molecule has 0 saturated carbocycles. The minimum Gasteiger partial charge on any atom is -0.508 e. The van der Waals surface area contributed by atoms with Crippen LogP contribution in [0.15, 0.2) is 18.2 Å². The van der Waals surface area contributed by atoms with Gasteiger partial charge in [0.05, 0.1) is 5.92 Å². The van der Waals surface area contributed by atoms with E-state index in [0.717, 1.165) is 5.56 Å². The van der Waals surface area contributed by atoms with Crippen molar-refractivity contribution in [2.75, 3.05) is 0 Å². The minimum atomic E-state index is -0.897. The molecule has 0 spiro atoms. The van der Waals surface area contributed by atoms with Crippen LogP contribution in [0.2, 0.25) is 0 Å². The average molecular weight is 208 g/mol. The van der Waals surface area contributed by atoms with E-state index >= 15 is 0 Å². The maximum absolute atomic E-state index is 11.1. The van der Waals surface area contributed by atoms with Gasteiger partial charge in [-0.05, 0) is 18.9 Å². The van der Waals surface area contributed by atoms with E-state index in [-0.39, 0.29) is 11.7 Å². The van der Waals surface area contributed by atoms with Crippen LogP contribution in [0.1, 0.15) is 30.9 Å². The Morgan fingerprint density at radius 1 is 1.33 bits per heavy atom. The largest absolute Gasteiger partial charge is 0.508 e. The second kappa shape index (κ2) is 4.34. The molecule has 0 bridgehead atoms. The number of hydrogen-bond donors (Lipinski definition) is 2. The van der Waals surface area contributed by atoms with E-state index in [0.29, 0.717) is 5.56 Å². The van der Waals surface area contributed by atoms with Crippen molar-refractivity contribution in [1.29, 1.82) is 0 Å². The first-order valence-electron chi connectivity index (χ1n) is 4.95. The number of rotatable bonds is 3. The van der Waals surface area contributed by atoms with Crippen LogP contribution in [-0.2, 0) is 4.79 Å². The van der Waals surface area contributed by atoms with Crippen LogP contribution in [-0.4, -0.2) is 16.2 Å². The van der Waals surface area contributed by atoms with Gasteiger partial charge in [0, 0.05) is 5.56 Å². The van der Waals surface area contributed by atoms with Crippen LogP contribution in [0.3, 0.4) is 0 Å². The van der Waals surface area contributed by atoms with Crippen molar-refractivity contribution in [1.82, 2.24) is 0 Å². The predicted molar refractivity (Wildman–Crippen MR) is 58.1 cm³/mol. The lowest BCUT2D eigenvalue weighted by atomic mass is 9.87. The number of aromatic hydroxyl groups is 1. The fourth-order valence-corrected chi connectivity index (χ4v) is 1.70. The van der Waals surface area contributed by atoms with Crippen LogP contribution in [0.5, 0.6) is 5.75 Å². The molecule has 0 aliphatic carbocycles. The van der Waals surface area contributed by atoms with Gasteiger partial charge in [0.25, 0.3) is 0 Å². The molecular weight excluding hydrogens is 192 g/mol. The van der Waals surface area contributed by atoms with Gasteiger partial charge in [-0.1, -0.05) is 31.5 Å². The molecule has 15 heavy (non-hydrogen) atoms. The normalized spacial score (nSPS) is 12.8. The Balaban J connectivity index is 3.22. The summed E-state index contributed by atoms with van der Waals surface area (Å²) in [5.41, 5.74) is 1.45. The number of aryl methyl sites for hydroxylation is 1. The Morgan fingerprint density at radius 3 is 2.40 bits per heavy atom. The zero-order chi connectivity index (χ0) is 11.6. The molecule has 1 unspecified atom stereocenters. The first kappa shape index (κ1) is 11.6. The highest BCUT2D eigenvalue weighted by atomic mass is 16.4. The van der Waals surface area contributed by atoms with Crippen molar-refractivity contribution in [3.63, 3.8) is 0 Å². The van der Waals surface area contributed by atoms with Crippen LogP contribution >= 0.6 is 0 Å². The average Bonchev–Trinajstić information content (AvgIpc) is 2.10. The summed E-state index contributed by atoms with van der Waals surface area (Å²) >= 11 is 0. The Kier molecular flexibility index (Phi) is 3.35. The second-order valence-corrected chi connectivity index (χ2v) is 4.12. The number of aliphatic carboxylic acids is 1. The maximum atomic E-state index is 11.1. The molecule has 2 N–H and O–H groups in total. The van der Waals surface area contributed by atoms with Gasteiger partial charge in [-0.2, -0.15) is 0 Å². The number of benzene rings is 1. The van der Waals surface area contributed by atoms with E-state index in [1.165, 1.54) is 0 Å². The highest BCUT2D eigenvalue weighted by Crippen LogP contribution is 2.32. The van der Waals surface area contributed by atoms with Gasteiger partial charge >= 0.3 is 5.97 Å². The maximum Gasteiger partial charge on any atom is 0.311 e. The number of hydrogen-bond acceptors (Lipinski definition) is 2. The summed E-state index contributed by atoms with van der Waals surface area (Å²) < 4.78 is 0. The summed E-state index contributed by atoms with van der Waals surface area (Å²) in [6, 6.07) is 5.04. The topological polar surface area (TPSA) is 57.5 Å². The first-order valence-corrected chi connectivity index (χ1v) is 4.95. The molecular formula is C12H16O3. The van der Waals surface area contributed by atoms with Crippen LogP contribution < -0.4 is 0 Å². The predicted octanol–water partition coefficient (Wildman–Crippen LogP) is 2.52. The standard InChI is InChI=1S/C12H16O3/c1-7(2)11(12(14)15)9-6-8(3)4-5-10(9)13/h4-7,11,13H,1-3H3,(H,14,15). The molecule has 0 heterocycles. The molecule has 1 rings (SSSR count). The van der Waals surface area contributed by atoms with Gasteiger partial charge in [-0.3, -0.25) is 4.79 Å². The molecule has 0 radical (unpaired) electrons. The third kappa shape index (κ3) is 2.49. The lowest BCUT2D eigenvalue weighted by molar-refractivity contribution is -0.139. The van der Waals surface area contributed by atoms with Gasteiger partial charge in [0.2, 0.25) is 0 Å². The zero-order valence-corrected chi connectivity index (χ0v) is 9.19. The van der Waals surface area contributed by atoms with Gasteiger partial charge in [-0.15, -0.1) is 0 Å². The lowest BCUT2D eigenvalue weighted by Crippen LogP contribution is -2.17. The van der Waals surface area contributed by atoms with E-state index in [9.17, 15) is 9.90 Å². The smallest absolute Gasteiger partial charge is 0.311 e. The van der Waals surface area contributed by atoms with Crippen molar-refractivity contribution in [3.8, 4) is 5.75 Å². The van der Waals surface area contributed by atoms with Gasteiger partial charge in [0.15, 0.2) is 0 Å². The van der Waals surface area contributed by atoms with Crippen LogP contribution in [0.25, 0.3) is 0 Å². The molecule has 0 aliphatic rings.